The van der Waals surface area contributed by atoms with Crippen LogP contribution in [-0.4, -0.2) is 13.0 Å². The fourth-order valence-corrected chi connectivity index (χ4v) is 2.95. The maximum atomic E-state index is 13.7. The van der Waals surface area contributed by atoms with Crippen LogP contribution in [0.4, 0.5) is 4.39 Å². The van der Waals surface area contributed by atoms with Crippen molar-refractivity contribution < 1.29 is 13.9 Å². The third-order valence-electron chi connectivity index (χ3n) is 4.09. The second-order valence-corrected chi connectivity index (χ2v) is 5.47. The van der Waals surface area contributed by atoms with E-state index in [-0.39, 0.29) is 17.7 Å². The average Bonchev–Trinajstić information content (AvgIpc) is 2.55. The van der Waals surface area contributed by atoms with Crippen LogP contribution in [0.1, 0.15) is 40.4 Å². The molecule has 1 N–H and O–H groups in total. The number of aryl methyl sites for hydroxylation is 1. The number of rotatable bonds is 3. The van der Waals surface area contributed by atoms with E-state index in [1.54, 1.807) is 6.07 Å². The zero-order valence-corrected chi connectivity index (χ0v) is 12.4. The van der Waals surface area contributed by atoms with E-state index in [0.717, 1.165) is 24.8 Å². The molecule has 0 heterocycles. The summed E-state index contributed by atoms with van der Waals surface area (Å²) in [5, 5.41) is 3.01. The molecular weight excluding hydrogens is 281 g/mol. The zero-order valence-electron chi connectivity index (χ0n) is 12.4. The van der Waals surface area contributed by atoms with Gasteiger partial charge in [0, 0.05) is 5.56 Å². The predicted molar refractivity (Wildman–Crippen MR) is 82.5 cm³/mol. The Labute approximate surface area is 129 Å². The Kier molecular flexibility index (Phi) is 4.09. The quantitative estimate of drug-likeness (QED) is 0.939. The van der Waals surface area contributed by atoms with E-state index >= 15 is 0 Å². The summed E-state index contributed by atoms with van der Waals surface area (Å²) < 4.78 is 18.6. The highest BCUT2D eigenvalue weighted by atomic mass is 19.1. The highest BCUT2D eigenvalue weighted by Crippen LogP contribution is 2.29. The van der Waals surface area contributed by atoms with Crippen molar-refractivity contribution in [2.45, 2.75) is 25.3 Å². The fourth-order valence-electron chi connectivity index (χ4n) is 2.95. The van der Waals surface area contributed by atoms with Gasteiger partial charge in [0.2, 0.25) is 0 Å². The minimum absolute atomic E-state index is 0.0115. The molecule has 2 aromatic carbocycles. The van der Waals surface area contributed by atoms with E-state index in [4.69, 9.17) is 4.74 Å². The molecule has 0 unspecified atom stereocenters. The van der Waals surface area contributed by atoms with E-state index in [1.807, 2.05) is 18.2 Å². The summed E-state index contributed by atoms with van der Waals surface area (Å²) in [4.78, 5) is 12.4. The Morgan fingerprint density at radius 2 is 2.09 bits per heavy atom. The van der Waals surface area contributed by atoms with Gasteiger partial charge in [-0.3, -0.25) is 4.79 Å². The Morgan fingerprint density at radius 1 is 1.27 bits per heavy atom. The molecule has 3 rings (SSSR count). The number of fused-ring (bicyclic) bond motifs is 1. The van der Waals surface area contributed by atoms with Gasteiger partial charge in [-0.05, 0) is 48.6 Å². The lowest BCUT2D eigenvalue weighted by atomic mass is 9.87. The van der Waals surface area contributed by atoms with Gasteiger partial charge in [0.05, 0.1) is 13.2 Å². The Bertz CT molecular complexity index is 699. The molecule has 114 valence electrons. The maximum absolute atomic E-state index is 13.7. The highest BCUT2D eigenvalue weighted by molar-refractivity contribution is 5.94. The summed E-state index contributed by atoms with van der Waals surface area (Å²) in [6.07, 6.45) is 2.99. The van der Waals surface area contributed by atoms with Crippen molar-refractivity contribution in [2.24, 2.45) is 0 Å². The van der Waals surface area contributed by atoms with Crippen LogP contribution in [0.3, 0.4) is 0 Å². The number of nitrogens with one attached hydrogen (secondary N) is 1. The summed E-state index contributed by atoms with van der Waals surface area (Å²) in [5.41, 5.74) is 2.75. The summed E-state index contributed by atoms with van der Waals surface area (Å²) >= 11 is 0. The van der Waals surface area contributed by atoms with Crippen LogP contribution >= 0.6 is 0 Å². The predicted octanol–water partition coefficient (Wildman–Crippen LogP) is 3.64. The molecule has 1 aliphatic rings. The van der Waals surface area contributed by atoms with Gasteiger partial charge in [0.15, 0.2) is 11.6 Å². The van der Waals surface area contributed by atoms with Gasteiger partial charge in [-0.25, -0.2) is 4.39 Å². The molecule has 2 aromatic rings. The van der Waals surface area contributed by atoms with Crippen molar-refractivity contribution in [2.75, 3.05) is 7.11 Å². The molecule has 1 aliphatic carbocycles. The lowest BCUT2D eigenvalue weighted by molar-refractivity contribution is 0.0932. The standard InChI is InChI=1S/C18H18FNO2/c1-22-17-10-9-13(11-15(17)19)18(21)20-16-8-4-6-12-5-2-3-7-14(12)16/h2-3,5,7,9-11,16H,4,6,8H2,1H3,(H,20,21)/t16-/m1/s1. The first kappa shape index (κ1) is 14.6. The molecule has 0 aliphatic heterocycles. The summed E-state index contributed by atoms with van der Waals surface area (Å²) in [6.45, 7) is 0. The molecule has 1 amide bonds. The van der Waals surface area contributed by atoms with Crippen LogP contribution in [0.5, 0.6) is 5.75 Å². The van der Waals surface area contributed by atoms with Crippen LogP contribution < -0.4 is 10.1 Å². The molecule has 0 bridgehead atoms. The summed E-state index contributed by atoms with van der Waals surface area (Å²) in [5.74, 6) is -0.651. The van der Waals surface area contributed by atoms with Crippen LogP contribution in [0.2, 0.25) is 0 Å². The van der Waals surface area contributed by atoms with Crippen LogP contribution in [0.25, 0.3) is 0 Å². The normalized spacial score (nSPS) is 16.7. The lowest BCUT2D eigenvalue weighted by Crippen LogP contribution is -2.31. The van der Waals surface area contributed by atoms with Crippen molar-refractivity contribution >= 4 is 5.91 Å². The van der Waals surface area contributed by atoms with E-state index in [9.17, 15) is 9.18 Å². The van der Waals surface area contributed by atoms with Crippen molar-refractivity contribution in [3.05, 3.63) is 65.0 Å². The number of carbonyl (C=O) groups excluding carboxylic acids is 1. The van der Waals surface area contributed by atoms with Gasteiger partial charge in [-0.2, -0.15) is 0 Å². The minimum atomic E-state index is -0.529. The first-order valence-electron chi connectivity index (χ1n) is 7.41. The van der Waals surface area contributed by atoms with Crippen molar-refractivity contribution in [1.82, 2.24) is 5.32 Å². The van der Waals surface area contributed by atoms with Gasteiger partial charge in [-0.15, -0.1) is 0 Å². The molecular formula is C18H18FNO2. The second-order valence-electron chi connectivity index (χ2n) is 5.47. The van der Waals surface area contributed by atoms with Gasteiger partial charge in [0.25, 0.3) is 5.91 Å². The lowest BCUT2D eigenvalue weighted by Gasteiger charge is -2.26. The first-order chi connectivity index (χ1) is 10.7. The van der Waals surface area contributed by atoms with Gasteiger partial charge < -0.3 is 10.1 Å². The smallest absolute Gasteiger partial charge is 0.251 e. The number of hydrogen-bond donors (Lipinski definition) is 1. The molecule has 0 aromatic heterocycles. The SMILES string of the molecule is COc1ccc(C(=O)N[C@@H]2CCCc3ccccc32)cc1F. The number of hydrogen-bond acceptors (Lipinski definition) is 2. The molecule has 0 fully saturated rings. The number of methoxy groups -OCH3 is 1. The number of benzene rings is 2. The number of carbonyl (C=O) groups is 1. The molecule has 3 nitrogen and oxygen atoms in total. The average molecular weight is 299 g/mol. The Balaban J connectivity index is 1.79. The van der Waals surface area contributed by atoms with Crippen molar-refractivity contribution in [1.29, 1.82) is 0 Å². The van der Waals surface area contributed by atoms with Gasteiger partial charge in [-0.1, -0.05) is 24.3 Å². The third-order valence-corrected chi connectivity index (χ3v) is 4.09. The van der Waals surface area contributed by atoms with Crippen molar-refractivity contribution in [3.8, 4) is 5.75 Å². The van der Waals surface area contributed by atoms with E-state index in [2.05, 4.69) is 11.4 Å². The zero-order chi connectivity index (χ0) is 15.5. The fraction of sp³-hybridized carbons (Fsp3) is 0.278. The van der Waals surface area contributed by atoms with Gasteiger partial charge in [0.1, 0.15) is 0 Å². The number of halogens is 1. The minimum Gasteiger partial charge on any atom is -0.494 e. The molecule has 1 atom stereocenters. The third kappa shape index (κ3) is 2.82. The summed E-state index contributed by atoms with van der Waals surface area (Å²) in [6, 6.07) is 12.4. The molecule has 0 spiro atoms. The van der Waals surface area contributed by atoms with Crippen LogP contribution in [0, 0.1) is 5.82 Å². The monoisotopic (exact) mass is 299 g/mol. The Morgan fingerprint density at radius 3 is 2.86 bits per heavy atom. The van der Waals surface area contributed by atoms with E-state index < -0.39 is 5.82 Å². The van der Waals surface area contributed by atoms with Crippen molar-refractivity contribution in [3.63, 3.8) is 0 Å². The number of amides is 1. The highest BCUT2D eigenvalue weighted by Gasteiger charge is 2.22. The number of ether oxygens (including phenoxy) is 1. The van der Waals surface area contributed by atoms with E-state index in [1.165, 1.54) is 24.8 Å². The Hall–Kier alpha value is -2.36. The molecule has 0 radical (unpaired) electrons. The first-order valence-corrected chi connectivity index (χ1v) is 7.41. The largest absolute Gasteiger partial charge is 0.494 e. The maximum Gasteiger partial charge on any atom is 0.251 e. The molecule has 0 saturated heterocycles. The van der Waals surface area contributed by atoms with Crippen LogP contribution in [-0.2, 0) is 6.42 Å². The van der Waals surface area contributed by atoms with Gasteiger partial charge >= 0.3 is 0 Å². The van der Waals surface area contributed by atoms with Crippen LogP contribution in [0.15, 0.2) is 42.5 Å². The molecule has 0 saturated carbocycles. The van der Waals surface area contributed by atoms with E-state index in [0.29, 0.717) is 5.56 Å². The molecule has 4 heteroatoms. The second kappa shape index (κ2) is 6.18. The topological polar surface area (TPSA) is 38.3 Å². The summed E-state index contributed by atoms with van der Waals surface area (Å²) in [7, 11) is 1.40. The molecule has 22 heavy (non-hydrogen) atoms.